The van der Waals surface area contributed by atoms with Crippen LogP contribution in [0.1, 0.15) is 12.5 Å². The molecule has 1 amide bonds. The maximum absolute atomic E-state index is 11.9. The van der Waals surface area contributed by atoms with Crippen LogP contribution in [0.5, 0.6) is 11.5 Å². The minimum Gasteiger partial charge on any atom is -0.497 e. The minimum atomic E-state index is -0.350. The minimum absolute atomic E-state index is 0.133. The van der Waals surface area contributed by atoms with Crippen molar-refractivity contribution in [2.24, 2.45) is 0 Å². The summed E-state index contributed by atoms with van der Waals surface area (Å²) in [5.74, 6) is 0.693. The molecule has 0 unspecified atom stereocenters. The van der Waals surface area contributed by atoms with Gasteiger partial charge in [0.1, 0.15) is 11.5 Å². The number of methoxy groups -OCH3 is 1. The van der Waals surface area contributed by atoms with Crippen molar-refractivity contribution >= 4 is 17.6 Å². The summed E-state index contributed by atoms with van der Waals surface area (Å²) in [5, 5.41) is 2.67. The van der Waals surface area contributed by atoms with E-state index >= 15 is 0 Å². The van der Waals surface area contributed by atoms with Gasteiger partial charge in [-0.05, 0) is 42.0 Å². The Morgan fingerprint density at radius 2 is 1.55 bits per heavy atom. The Hall–Kier alpha value is -2.82. The number of carbonyl (C=O) groups is 2. The molecule has 0 aromatic heterocycles. The lowest BCUT2D eigenvalue weighted by Crippen LogP contribution is -2.11. The van der Waals surface area contributed by atoms with Crippen LogP contribution in [0.2, 0.25) is 0 Å². The number of esters is 1. The van der Waals surface area contributed by atoms with Gasteiger partial charge in [-0.3, -0.25) is 9.59 Å². The maximum atomic E-state index is 11.9. The molecule has 0 fully saturated rings. The quantitative estimate of drug-likeness (QED) is 0.681. The van der Waals surface area contributed by atoms with E-state index in [-0.39, 0.29) is 18.3 Å². The molecule has 2 rings (SSSR count). The summed E-state index contributed by atoms with van der Waals surface area (Å²) in [4.78, 5) is 22.8. The van der Waals surface area contributed by atoms with Gasteiger partial charge >= 0.3 is 5.97 Å². The van der Waals surface area contributed by atoms with Gasteiger partial charge < -0.3 is 14.8 Å². The first-order valence-electron chi connectivity index (χ1n) is 6.78. The lowest BCUT2D eigenvalue weighted by molar-refractivity contribution is -0.133. The molecule has 2 aromatic rings. The lowest BCUT2D eigenvalue weighted by atomic mass is 10.1. The fourth-order valence-corrected chi connectivity index (χ4v) is 1.89. The number of carbonyl (C=O) groups excluding carboxylic acids is 2. The van der Waals surface area contributed by atoms with Crippen LogP contribution in [0.15, 0.2) is 48.5 Å². The molecular formula is C17H17NO4. The van der Waals surface area contributed by atoms with Crippen LogP contribution in [0.4, 0.5) is 5.69 Å². The van der Waals surface area contributed by atoms with Crippen molar-refractivity contribution in [3.05, 3.63) is 54.1 Å². The number of nitrogens with one attached hydrogen (secondary N) is 1. The summed E-state index contributed by atoms with van der Waals surface area (Å²) < 4.78 is 10.3. The van der Waals surface area contributed by atoms with Gasteiger partial charge in [0, 0.05) is 12.6 Å². The summed E-state index contributed by atoms with van der Waals surface area (Å²) in [6.45, 7) is 1.44. The molecular weight excluding hydrogens is 282 g/mol. The second-order valence-electron chi connectivity index (χ2n) is 4.70. The van der Waals surface area contributed by atoms with Crippen LogP contribution in [-0.4, -0.2) is 19.0 Å². The first-order valence-corrected chi connectivity index (χ1v) is 6.78. The summed E-state index contributed by atoms with van der Waals surface area (Å²) >= 11 is 0. The zero-order valence-electron chi connectivity index (χ0n) is 12.5. The monoisotopic (exact) mass is 299 g/mol. The van der Waals surface area contributed by atoms with Crippen molar-refractivity contribution in [2.75, 3.05) is 12.4 Å². The van der Waals surface area contributed by atoms with Crippen LogP contribution in [-0.2, 0) is 16.0 Å². The molecule has 2 aromatic carbocycles. The number of anilines is 1. The summed E-state index contributed by atoms with van der Waals surface area (Å²) in [7, 11) is 1.58. The van der Waals surface area contributed by atoms with Crippen molar-refractivity contribution in [2.45, 2.75) is 13.3 Å². The third-order valence-corrected chi connectivity index (χ3v) is 2.91. The van der Waals surface area contributed by atoms with E-state index < -0.39 is 0 Å². The van der Waals surface area contributed by atoms with Gasteiger partial charge in [-0.1, -0.05) is 12.1 Å². The summed E-state index contributed by atoms with van der Waals surface area (Å²) in [5.41, 5.74) is 1.51. The highest BCUT2D eigenvalue weighted by molar-refractivity contribution is 5.88. The van der Waals surface area contributed by atoms with E-state index in [9.17, 15) is 9.59 Å². The molecule has 0 aliphatic rings. The number of benzene rings is 2. The molecule has 0 atom stereocenters. The second kappa shape index (κ2) is 7.26. The van der Waals surface area contributed by atoms with Gasteiger partial charge in [-0.25, -0.2) is 0 Å². The zero-order valence-corrected chi connectivity index (χ0v) is 12.5. The first kappa shape index (κ1) is 15.6. The third kappa shape index (κ3) is 4.63. The Kier molecular flexibility index (Phi) is 5.14. The fraction of sp³-hybridized carbons (Fsp3) is 0.176. The molecule has 0 spiro atoms. The standard InChI is InChI=1S/C17H17NO4/c1-12(19)18-14-5-3-13(4-6-14)11-17(20)22-16-9-7-15(21-2)8-10-16/h3-10H,11H2,1-2H3,(H,18,19). The highest BCUT2D eigenvalue weighted by Gasteiger charge is 2.07. The highest BCUT2D eigenvalue weighted by Crippen LogP contribution is 2.18. The van der Waals surface area contributed by atoms with Crippen molar-refractivity contribution in [1.29, 1.82) is 0 Å². The fourth-order valence-electron chi connectivity index (χ4n) is 1.89. The molecule has 5 nitrogen and oxygen atoms in total. The van der Waals surface area contributed by atoms with Gasteiger partial charge in [-0.15, -0.1) is 0 Å². The molecule has 0 heterocycles. The number of ether oxygens (including phenoxy) is 2. The number of amides is 1. The molecule has 0 bridgehead atoms. The van der Waals surface area contributed by atoms with Crippen molar-refractivity contribution < 1.29 is 19.1 Å². The zero-order chi connectivity index (χ0) is 15.9. The SMILES string of the molecule is COc1ccc(OC(=O)Cc2ccc(NC(C)=O)cc2)cc1. The number of hydrogen-bond acceptors (Lipinski definition) is 4. The summed E-state index contributed by atoms with van der Waals surface area (Å²) in [6.07, 6.45) is 0.159. The molecule has 0 radical (unpaired) electrons. The Labute approximate surface area is 128 Å². The third-order valence-electron chi connectivity index (χ3n) is 2.91. The van der Waals surface area contributed by atoms with E-state index in [2.05, 4.69) is 5.32 Å². The van der Waals surface area contributed by atoms with Gasteiger partial charge in [-0.2, -0.15) is 0 Å². The Balaban J connectivity index is 1.92. The van der Waals surface area contributed by atoms with E-state index in [0.717, 1.165) is 5.56 Å². The number of rotatable bonds is 5. The van der Waals surface area contributed by atoms with Gasteiger partial charge in [0.2, 0.25) is 5.91 Å². The van der Waals surface area contributed by atoms with Crippen LogP contribution < -0.4 is 14.8 Å². The van der Waals surface area contributed by atoms with Gasteiger partial charge in [0.25, 0.3) is 0 Å². The van der Waals surface area contributed by atoms with Gasteiger partial charge in [0.05, 0.1) is 13.5 Å². The van der Waals surface area contributed by atoms with Crippen molar-refractivity contribution in [3.8, 4) is 11.5 Å². The molecule has 5 heteroatoms. The lowest BCUT2D eigenvalue weighted by Gasteiger charge is -2.06. The number of hydrogen-bond donors (Lipinski definition) is 1. The molecule has 22 heavy (non-hydrogen) atoms. The van der Waals surface area contributed by atoms with Crippen LogP contribution in [0, 0.1) is 0 Å². The van der Waals surface area contributed by atoms with E-state index in [1.54, 1.807) is 55.6 Å². The van der Waals surface area contributed by atoms with Gasteiger partial charge in [0.15, 0.2) is 0 Å². The molecule has 1 N–H and O–H groups in total. The van der Waals surface area contributed by atoms with E-state index in [1.165, 1.54) is 6.92 Å². The largest absolute Gasteiger partial charge is 0.497 e. The average Bonchev–Trinajstić information content (AvgIpc) is 2.49. The Morgan fingerprint density at radius 1 is 0.955 bits per heavy atom. The molecule has 0 aliphatic heterocycles. The second-order valence-corrected chi connectivity index (χ2v) is 4.70. The normalized spacial score (nSPS) is 9.91. The Morgan fingerprint density at radius 3 is 2.09 bits per heavy atom. The molecule has 0 aliphatic carbocycles. The van der Waals surface area contributed by atoms with Crippen molar-refractivity contribution in [1.82, 2.24) is 0 Å². The summed E-state index contributed by atoms with van der Waals surface area (Å²) in [6, 6.07) is 13.9. The highest BCUT2D eigenvalue weighted by atomic mass is 16.5. The predicted octanol–water partition coefficient (Wildman–Crippen LogP) is 2.80. The van der Waals surface area contributed by atoms with Crippen LogP contribution in [0.25, 0.3) is 0 Å². The average molecular weight is 299 g/mol. The topological polar surface area (TPSA) is 64.6 Å². The first-order chi connectivity index (χ1) is 10.6. The Bertz CT molecular complexity index is 647. The van der Waals surface area contributed by atoms with Crippen LogP contribution in [0.3, 0.4) is 0 Å². The molecule has 0 saturated heterocycles. The van der Waals surface area contributed by atoms with E-state index in [0.29, 0.717) is 17.2 Å². The molecule has 0 saturated carbocycles. The van der Waals surface area contributed by atoms with E-state index in [4.69, 9.17) is 9.47 Å². The smallest absolute Gasteiger partial charge is 0.315 e. The van der Waals surface area contributed by atoms with Crippen LogP contribution >= 0.6 is 0 Å². The predicted molar refractivity (Wildman–Crippen MR) is 83.1 cm³/mol. The maximum Gasteiger partial charge on any atom is 0.315 e. The van der Waals surface area contributed by atoms with Crippen molar-refractivity contribution in [3.63, 3.8) is 0 Å². The van der Waals surface area contributed by atoms with E-state index in [1.807, 2.05) is 0 Å². The molecule has 114 valence electrons.